The minimum Gasteiger partial charge on any atom is -0.323 e. The minimum absolute atomic E-state index is 0.108. The van der Waals surface area contributed by atoms with Gasteiger partial charge in [0.05, 0.1) is 10.9 Å². The lowest BCUT2D eigenvalue weighted by molar-refractivity contribution is -0.115. The standard InChI is InChI=1S/C16H17BrFN3O2S/c1-3-4-11-8-14(22)21-16(19-11)24-9(2)15(23)20-13-6-5-10(17)7-12(13)18/h5-9H,3-4H2,1-2H3,(H,20,23)(H,19,21,22). The molecule has 5 nitrogen and oxygen atoms in total. The lowest BCUT2D eigenvalue weighted by Gasteiger charge is -2.12. The number of halogens is 2. The zero-order valence-corrected chi connectivity index (χ0v) is 15.6. The third-order valence-electron chi connectivity index (χ3n) is 3.13. The summed E-state index contributed by atoms with van der Waals surface area (Å²) in [5.41, 5.74) is 0.551. The molecule has 128 valence electrons. The molecule has 0 radical (unpaired) electrons. The first-order valence-corrected chi connectivity index (χ1v) is 9.09. The third kappa shape index (κ3) is 5.17. The fraction of sp³-hybridized carbons (Fsp3) is 0.312. The Morgan fingerprint density at radius 1 is 1.46 bits per heavy atom. The van der Waals surface area contributed by atoms with E-state index in [2.05, 4.69) is 31.2 Å². The second kappa shape index (κ2) is 8.43. The van der Waals surface area contributed by atoms with Crippen LogP contribution in [0.5, 0.6) is 0 Å². The Morgan fingerprint density at radius 2 is 2.21 bits per heavy atom. The van der Waals surface area contributed by atoms with Crippen molar-refractivity contribution in [2.75, 3.05) is 5.32 Å². The van der Waals surface area contributed by atoms with Crippen LogP contribution < -0.4 is 10.9 Å². The number of hydrogen-bond donors (Lipinski definition) is 2. The van der Waals surface area contributed by atoms with Gasteiger partial charge in [-0.3, -0.25) is 9.59 Å². The first-order chi connectivity index (χ1) is 11.4. The Balaban J connectivity index is 2.07. The largest absolute Gasteiger partial charge is 0.323 e. The number of amides is 1. The van der Waals surface area contributed by atoms with Gasteiger partial charge in [0.15, 0.2) is 5.16 Å². The number of benzene rings is 1. The van der Waals surface area contributed by atoms with Gasteiger partial charge in [-0.2, -0.15) is 0 Å². The molecule has 1 atom stereocenters. The number of rotatable bonds is 6. The highest BCUT2D eigenvalue weighted by molar-refractivity contribution is 9.10. The number of aromatic amines is 1. The molecule has 1 heterocycles. The van der Waals surface area contributed by atoms with E-state index in [0.29, 0.717) is 21.7 Å². The van der Waals surface area contributed by atoms with E-state index >= 15 is 0 Å². The fourth-order valence-electron chi connectivity index (χ4n) is 1.97. The summed E-state index contributed by atoms with van der Waals surface area (Å²) in [6.45, 7) is 3.67. The van der Waals surface area contributed by atoms with Gasteiger partial charge in [0.2, 0.25) is 5.91 Å². The molecule has 0 saturated heterocycles. The molecular weight excluding hydrogens is 397 g/mol. The molecule has 24 heavy (non-hydrogen) atoms. The van der Waals surface area contributed by atoms with E-state index in [1.54, 1.807) is 13.0 Å². The van der Waals surface area contributed by atoms with E-state index in [1.807, 2.05) is 6.92 Å². The van der Waals surface area contributed by atoms with Crippen molar-refractivity contribution in [2.45, 2.75) is 37.1 Å². The lowest BCUT2D eigenvalue weighted by Crippen LogP contribution is -2.24. The Bertz CT molecular complexity index is 797. The van der Waals surface area contributed by atoms with Gasteiger partial charge in [-0.15, -0.1) is 0 Å². The molecule has 0 saturated carbocycles. The second-order valence-electron chi connectivity index (χ2n) is 5.17. The summed E-state index contributed by atoms with van der Waals surface area (Å²) in [4.78, 5) is 30.8. The van der Waals surface area contributed by atoms with E-state index in [-0.39, 0.29) is 17.2 Å². The number of aryl methyl sites for hydroxylation is 1. The fourth-order valence-corrected chi connectivity index (χ4v) is 3.13. The number of thioether (sulfide) groups is 1. The highest BCUT2D eigenvalue weighted by Crippen LogP contribution is 2.23. The van der Waals surface area contributed by atoms with E-state index in [1.165, 1.54) is 18.2 Å². The predicted molar refractivity (Wildman–Crippen MR) is 96.9 cm³/mol. The van der Waals surface area contributed by atoms with Crippen LogP contribution in [0.4, 0.5) is 10.1 Å². The molecule has 1 aromatic carbocycles. The summed E-state index contributed by atoms with van der Waals surface area (Å²) in [6, 6.07) is 5.86. The predicted octanol–water partition coefficient (Wildman–Crippen LogP) is 3.74. The summed E-state index contributed by atoms with van der Waals surface area (Å²) >= 11 is 4.29. The van der Waals surface area contributed by atoms with Crippen molar-refractivity contribution in [2.24, 2.45) is 0 Å². The van der Waals surface area contributed by atoms with E-state index in [9.17, 15) is 14.0 Å². The molecule has 2 rings (SSSR count). The van der Waals surface area contributed by atoms with Crippen LogP contribution in [0.15, 0.2) is 38.7 Å². The van der Waals surface area contributed by atoms with Crippen molar-refractivity contribution in [1.29, 1.82) is 0 Å². The van der Waals surface area contributed by atoms with Gasteiger partial charge < -0.3 is 10.3 Å². The molecule has 0 aliphatic rings. The SMILES string of the molecule is CCCc1cc(=O)[nH]c(SC(C)C(=O)Nc2ccc(Br)cc2F)n1. The first-order valence-electron chi connectivity index (χ1n) is 7.42. The number of anilines is 1. The lowest BCUT2D eigenvalue weighted by atomic mass is 10.2. The first kappa shape index (κ1) is 18.7. The van der Waals surface area contributed by atoms with Gasteiger partial charge in [-0.05, 0) is 31.5 Å². The third-order valence-corrected chi connectivity index (χ3v) is 4.60. The van der Waals surface area contributed by atoms with Crippen molar-refractivity contribution in [3.63, 3.8) is 0 Å². The van der Waals surface area contributed by atoms with Crippen molar-refractivity contribution >= 4 is 39.3 Å². The van der Waals surface area contributed by atoms with Crippen LogP contribution in [0.2, 0.25) is 0 Å². The van der Waals surface area contributed by atoms with Crippen molar-refractivity contribution in [1.82, 2.24) is 9.97 Å². The van der Waals surface area contributed by atoms with Gasteiger partial charge >= 0.3 is 0 Å². The van der Waals surface area contributed by atoms with Crippen LogP contribution in [0.3, 0.4) is 0 Å². The number of hydrogen-bond acceptors (Lipinski definition) is 4. The second-order valence-corrected chi connectivity index (χ2v) is 7.41. The molecule has 0 fully saturated rings. The van der Waals surface area contributed by atoms with Crippen molar-refractivity contribution < 1.29 is 9.18 Å². The van der Waals surface area contributed by atoms with Gasteiger partial charge in [0, 0.05) is 16.2 Å². The Morgan fingerprint density at radius 3 is 2.88 bits per heavy atom. The number of carbonyl (C=O) groups excluding carboxylic acids is 1. The van der Waals surface area contributed by atoms with Gasteiger partial charge in [0.1, 0.15) is 5.82 Å². The van der Waals surface area contributed by atoms with Crippen LogP contribution in [-0.4, -0.2) is 21.1 Å². The summed E-state index contributed by atoms with van der Waals surface area (Å²) in [7, 11) is 0. The zero-order chi connectivity index (χ0) is 17.7. The van der Waals surface area contributed by atoms with Crippen LogP contribution in [0.1, 0.15) is 26.0 Å². The minimum atomic E-state index is -0.548. The summed E-state index contributed by atoms with van der Waals surface area (Å²) < 4.78 is 14.4. The molecule has 8 heteroatoms. The zero-order valence-electron chi connectivity index (χ0n) is 13.2. The van der Waals surface area contributed by atoms with Crippen molar-refractivity contribution in [3.8, 4) is 0 Å². The molecule has 1 aromatic heterocycles. The monoisotopic (exact) mass is 413 g/mol. The summed E-state index contributed by atoms with van der Waals surface area (Å²) in [5.74, 6) is -0.892. The molecule has 1 amide bonds. The smallest absolute Gasteiger partial charge is 0.251 e. The molecule has 0 aliphatic heterocycles. The molecule has 0 spiro atoms. The number of H-pyrrole nitrogens is 1. The maximum Gasteiger partial charge on any atom is 0.251 e. The van der Waals surface area contributed by atoms with Gasteiger partial charge in [0.25, 0.3) is 5.56 Å². The normalized spacial score (nSPS) is 12.0. The Kier molecular flexibility index (Phi) is 6.56. The maximum absolute atomic E-state index is 13.8. The molecule has 0 bridgehead atoms. The van der Waals surface area contributed by atoms with Crippen LogP contribution in [0.25, 0.3) is 0 Å². The number of nitrogens with zero attached hydrogens (tertiary/aromatic N) is 1. The van der Waals surface area contributed by atoms with E-state index < -0.39 is 11.1 Å². The van der Waals surface area contributed by atoms with Gasteiger partial charge in [-0.25, -0.2) is 9.37 Å². The van der Waals surface area contributed by atoms with Crippen molar-refractivity contribution in [3.05, 3.63) is 50.6 Å². The average Bonchev–Trinajstić information content (AvgIpc) is 2.49. The summed E-state index contributed by atoms with van der Waals surface area (Å²) in [6.07, 6.45) is 1.57. The Hall–Kier alpha value is -1.67. The van der Waals surface area contributed by atoms with Crippen LogP contribution >= 0.6 is 27.7 Å². The quantitative estimate of drug-likeness (QED) is 0.558. The molecule has 2 aromatic rings. The molecular formula is C16H17BrFN3O2S. The van der Waals surface area contributed by atoms with Gasteiger partial charge in [-0.1, -0.05) is 41.0 Å². The number of nitrogens with one attached hydrogen (secondary N) is 2. The Labute approximate surface area is 151 Å². The topological polar surface area (TPSA) is 74.8 Å². The summed E-state index contributed by atoms with van der Waals surface area (Å²) in [5, 5.41) is 2.37. The van der Waals surface area contributed by atoms with Crippen LogP contribution in [0, 0.1) is 5.82 Å². The average molecular weight is 414 g/mol. The number of aromatic nitrogens is 2. The molecule has 1 unspecified atom stereocenters. The van der Waals surface area contributed by atoms with E-state index in [4.69, 9.17) is 0 Å². The molecule has 0 aliphatic carbocycles. The maximum atomic E-state index is 13.8. The highest BCUT2D eigenvalue weighted by Gasteiger charge is 2.18. The molecule has 2 N–H and O–H groups in total. The van der Waals surface area contributed by atoms with Crippen LogP contribution in [-0.2, 0) is 11.2 Å². The van der Waals surface area contributed by atoms with E-state index in [0.717, 1.165) is 18.2 Å². The number of carbonyl (C=O) groups is 1. The highest BCUT2D eigenvalue weighted by atomic mass is 79.9.